The van der Waals surface area contributed by atoms with E-state index in [0.717, 1.165) is 42.3 Å². The van der Waals surface area contributed by atoms with Crippen molar-refractivity contribution in [3.8, 4) is 5.75 Å². The van der Waals surface area contributed by atoms with Gasteiger partial charge in [0.2, 0.25) is 0 Å². The molecule has 2 saturated heterocycles. The van der Waals surface area contributed by atoms with Gasteiger partial charge in [0.1, 0.15) is 23.1 Å². The Morgan fingerprint density at radius 3 is 2.43 bits per heavy atom. The second-order valence-electron chi connectivity index (χ2n) is 8.72. The van der Waals surface area contributed by atoms with E-state index in [-0.39, 0.29) is 30.0 Å². The van der Waals surface area contributed by atoms with Crippen LogP contribution in [0.4, 0.5) is 4.79 Å². The maximum Gasteiger partial charge on any atom is 0.410 e. The van der Waals surface area contributed by atoms with Crippen molar-refractivity contribution < 1.29 is 24.2 Å². The first kappa shape index (κ1) is 18.7. The van der Waals surface area contributed by atoms with Gasteiger partial charge >= 0.3 is 12.1 Å². The average molecular weight is 386 g/mol. The molecule has 2 atom stereocenters. The molecule has 2 fully saturated rings. The largest absolute Gasteiger partial charge is 0.490 e. The van der Waals surface area contributed by atoms with E-state index in [9.17, 15) is 9.59 Å². The van der Waals surface area contributed by atoms with Crippen molar-refractivity contribution in [2.24, 2.45) is 0 Å². The van der Waals surface area contributed by atoms with Crippen LogP contribution in [0, 0.1) is 0 Å². The minimum atomic E-state index is -0.982. The van der Waals surface area contributed by atoms with Crippen molar-refractivity contribution in [3.63, 3.8) is 0 Å². The standard InChI is InChI=1S/C21H26N2O5/c1-21(2,3)28-20(26)23-13-4-5-14(23)11-16(10-13)27-15-6-7-17-12(8-15)9-18(22-17)19(24)25/h6-9,13-14,16,22H,4-5,10-11H2,1-3H3,(H,24,25)/t13-,14-/m1/s1. The molecule has 1 aromatic carbocycles. The minimum absolute atomic E-state index is 0.0338. The number of carboxylic acid groups (broad SMARTS) is 1. The normalized spacial score (nSPS) is 24.4. The van der Waals surface area contributed by atoms with Crippen LogP contribution >= 0.6 is 0 Å². The Hall–Kier alpha value is -2.70. The summed E-state index contributed by atoms with van der Waals surface area (Å²) >= 11 is 0. The molecule has 0 radical (unpaired) electrons. The number of rotatable bonds is 3. The molecule has 0 unspecified atom stereocenters. The Morgan fingerprint density at radius 1 is 1.14 bits per heavy atom. The molecule has 0 aliphatic carbocycles. The molecule has 1 aromatic heterocycles. The highest BCUT2D eigenvalue weighted by Gasteiger charge is 2.45. The van der Waals surface area contributed by atoms with Crippen LogP contribution in [0.2, 0.25) is 0 Å². The fourth-order valence-corrected chi connectivity index (χ4v) is 4.33. The van der Waals surface area contributed by atoms with Crippen LogP contribution < -0.4 is 4.74 Å². The van der Waals surface area contributed by atoms with Gasteiger partial charge in [-0.3, -0.25) is 0 Å². The third-order valence-electron chi connectivity index (χ3n) is 5.42. The van der Waals surface area contributed by atoms with Crippen LogP contribution in [-0.2, 0) is 4.74 Å². The predicted molar refractivity (Wildman–Crippen MR) is 104 cm³/mol. The summed E-state index contributed by atoms with van der Waals surface area (Å²) in [6, 6.07) is 7.45. The molecule has 2 bridgehead atoms. The van der Waals surface area contributed by atoms with Crippen LogP contribution in [0.1, 0.15) is 56.9 Å². The molecule has 150 valence electrons. The molecule has 3 heterocycles. The van der Waals surface area contributed by atoms with Gasteiger partial charge in [-0.05, 0) is 57.9 Å². The summed E-state index contributed by atoms with van der Waals surface area (Å²) in [6.07, 6.45) is 3.31. The maximum absolute atomic E-state index is 12.6. The fraction of sp³-hybridized carbons (Fsp3) is 0.524. The van der Waals surface area contributed by atoms with Crippen molar-refractivity contribution in [2.75, 3.05) is 0 Å². The fourth-order valence-electron chi connectivity index (χ4n) is 4.33. The first-order valence-corrected chi connectivity index (χ1v) is 9.73. The number of H-pyrrole nitrogens is 1. The number of aromatic amines is 1. The molecule has 7 heteroatoms. The molecule has 0 saturated carbocycles. The quantitative estimate of drug-likeness (QED) is 0.826. The van der Waals surface area contributed by atoms with Crippen LogP contribution in [-0.4, -0.2) is 50.8 Å². The van der Waals surface area contributed by atoms with Crippen molar-refractivity contribution >= 4 is 23.0 Å². The molecule has 2 aliphatic rings. The number of hydrogen-bond donors (Lipinski definition) is 2. The molecule has 2 N–H and O–H groups in total. The summed E-state index contributed by atoms with van der Waals surface area (Å²) in [5, 5.41) is 9.93. The second-order valence-corrected chi connectivity index (χ2v) is 8.72. The predicted octanol–water partition coefficient (Wildman–Crippen LogP) is 4.18. The third-order valence-corrected chi connectivity index (χ3v) is 5.42. The number of aromatic carboxylic acids is 1. The number of nitrogens with zero attached hydrogens (tertiary/aromatic N) is 1. The van der Waals surface area contributed by atoms with Crippen LogP contribution in [0.3, 0.4) is 0 Å². The van der Waals surface area contributed by atoms with Crippen molar-refractivity contribution in [1.29, 1.82) is 0 Å². The van der Waals surface area contributed by atoms with Gasteiger partial charge in [0, 0.05) is 35.8 Å². The molecule has 4 rings (SSSR count). The van der Waals surface area contributed by atoms with Gasteiger partial charge < -0.3 is 24.5 Å². The topological polar surface area (TPSA) is 91.9 Å². The van der Waals surface area contributed by atoms with E-state index in [1.54, 1.807) is 6.07 Å². The number of ether oxygens (including phenoxy) is 2. The molecule has 0 spiro atoms. The van der Waals surface area contributed by atoms with E-state index in [1.165, 1.54) is 0 Å². The minimum Gasteiger partial charge on any atom is -0.490 e. The zero-order chi connectivity index (χ0) is 20.1. The van der Waals surface area contributed by atoms with E-state index >= 15 is 0 Å². The lowest BCUT2D eigenvalue weighted by Crippen LogP contribution is -2.50. The lowest BCUT2D eigenvalue weighted by molar-refractivity contribution is -0.00707. The Morgan fingerprint density at radius 2 is 1.82 bits per heavy atom. The number of amides is 1. The van der Waals surface area contributed by atoms with E-state index < -0.39 is 11.6 Å². The highest BCUT2D eigenvalue weighted by atomic mass is 16.6. The Bertz CT molecular complexity index is 899. The summed E-state index contributed by atoms with van der Waals surface area (Å²) in [7, 11) is 0. The molecule has 28 heavy (non-hydrogen) atoms. The first-order valence-electron chi connectivity index (χ1n) is 9.73. The summed E-state index contributed by atoms with van der Waals surface area (Å²) in [4.78, 5) is 28.4. The number of carbonyl (C=O) groups is 2. The average Bonchev–Trinajstić information content (AvgIpc) is 3.12. The summed E-state index contributed by atoms with van der Waals surface area (Å²) < 4.78 is 11.8. The highest BCUT2D eigenvalue weighted by Crippen LogP contribution is 2.38. The zero-order valence-electron chi connectivity index (χ0n) is 16.4. The third kappa shape index (κ3) is 3.66. The van der Waals surface area contributed by atoms with Crippen molar-refractivity contribution in [1.82, 2.24) is 9.88 Å². The molecule has 7 nitrogen and oxygen atoms in total. The Kier molecular flexibility index (Phi) is 4.48. The lowest BCUT2D eigenvalue weighted by atomic mass is 10.00. The Balaban J connectivity index is 1.44. The molecular formula is C21H26N2O5. The summed E-state index contributed by atoms with van der Waals surface area (Å²) in [5.74, 6) is -0.261. The lowest BCUT2D eigenvalue weighted by Gasteiger charge is -2.39. The maximum atomic E-state index is 12.6. The molecule has 2 aliphatic heterocycles. The number of fused-ring (bicyclic) bond motifs is 3. The number of piperidine rings is 1. The van der Waals surface area contributed by atoms with Gasteiger partial charge in [0.15, 0.2) is 0 Å². The smallest absolute Gasteiger partial charge is 0.410 e. The molecule has 2 aromatic rings. The molecule has 1 amide bonds. The van der Waals surface area contributed by atoms with Crippen molar-refractivity contribution in [2.45, 2.75) is 70.2 Å². The number of benzene rings is 1. The van der Waals surface area contributed by atoms with Gasteiger partial charge in [-0.1, -0.05) is 0 Å². The van der Waals surface area contributed by atoms with Gasteiger partial charge in [-0.15, -0.1) is 0 Å². The van der Waals surface area contributed by atoms with Crippen LogP contribution in [0.15, 0.2) is 24.3 Å². The number of carboxylic acids is 1. The van der Waals surface area contributed by atoms with Gasteiger partial charge in [0.25, 0.3) is 0 Å². The molecular weight excluding hydrogens is 360 g/mol. The van der Waals surface area contributed by atoms with Crippen LogP contribution in [0.5, 0.6) is 5.75 Å². The van der Waals surface area contributed by atoms with E-state index in [4.69, 9.17) is 14.6 Å². The van der Waals surface area contributed by atoms with E-state index in [0.29, 0.717) is 0 Å². The SMILES string of the molecule is CC(C)(C)OC(=O)N1[C@@H]2CC[C@@H]1CC(Oc1ccc3[nH]c(C(=O)O)cc3c1)C2. The first-order chi connectivity index (χ1) is 13.2. The number of carbonyl (C=O) groups excluding carboxylic acids is 1. The second kappa shape index (κ2) is 6.72. The summed E-state index contributed by atoms with van der Waals surface area (Å²) in [6.45, 7) is 5.65. The zero-order valence-corrected chi connectivity index (χ0v) is 16.4. The number of aromatic nitrogens is 1. The highest BCUT2D eigenvalue weighted by molar-refractivity contribution is 5.94. The summed E-state index contributed by atoms with van der Waals surface area (Å²) in [5.41, 5.74) is 0.436. The van der Waals surface area contributed by atoms with Gasteiger partial charge in [-0.25, -0.2) is 9.59 Å². The van der Waals surface area contributed by atoms with Gasteiger partial charge in [-0.2, -0.15) is 0 Å². The van der Waals surface area contributed by atoms with Crippen LogP contribution in [0.25, 0.3) is 10.9 Å². The number of nitrogens with one attached hydrogen (secondary N) is 1. The van der Waals surface area contributed by atoms with Gasteiger partial charge in [0.05, 0.1) is 0 Å². The Labute approximate surface area is 163 Å². The monoisotopic (exact) mass is 386 g/mol. The van der Waals surface area contributed by atoms with E-state index in [2.05, 4.69) is 4.98 Å². The van der Waals surface area contributed by atoms with E-state index in [1.807, 2.05) is 43.9 Å². The van der Waals surface area contributed by atoms with Crippen molar-refractivity contribution in [3.05, 3.63) is 30.0 Å². The number of hydrogen-bond acceptors (Lipinski definition) is 4.